The number of hydrogen-bond acceptors (Lipinski definition) is 2. The topological polar surface area (TPSA) is 35.2 Å². The van der Waals surface area contributed by atoms with Gasteiger partial charge in [-0.25, -0.2) is 0 Å². The summed E-state index contributed by atoms with van der Waals surface area (Å²) in [4.78, 5) is 0. The van der Waals surface area contributed by atoms with Crippen LogP contribution in [-0.2, 0) is 10.8 Å². The molecule has 2 rings (SSSR count). The highest BCUT2D eigenvalue weighted by molar-refractivity contribution is 9.10. The van der Waals surface area contributed by atoms with E-state index in [1.54, 1.807) is 7.11 Å². The lowest BCUT2D eigenvalue weighted by molar-refractivity contribution is 0.374. The van der Waals surface area contributed by atoms with E-state index in [4.69, 9.17) is 10.5 Å². The zero-order valence-electron chi connectivity index (χ0n) is 13.1. The van der Waals surface area contributed by atoms with Gasteiger partial charge in [0.15, 0.2) is 0 Å². The van der Waals surface area contributed by atoms with Crippen LogP contribution in [0.4, 0.5) is 0 Å². The number of ether oxygens (including phenoxy) is 1. The molecule has 1 aromatic carbocycles. The standard InChI is InChI=1S/C17H26BrNO/c1-16(2,3)12-9-13(15(20-4)14(18)10-12)17(11-19)7-5-6-8-17/h9-10H,5-8,11,19H2,1-4H3. The molecule has 0 aliphatic heterocycles. The van der Waals surface area contributed by atoms with Crippen LogP contribution in [0, 0.1) is 0 Å². The second-order valence-electron chi connectivity index (χ2n) is 6.98. The predicted molar refractivity (Wildman–Crippen MR) is 88.6 cm³/mol. The fourth-order valence-electron chi connectivity index (χ4n) is 3.26. The molecular weight excluding hydrogens is 314 g/mol. The summed E-state index contributed by atoms with van der Waals surface area (Å²) in [5.41, 5.74) is 9.00. The summed E-state index contributed by atoms with van der Waals surface area (Å²) in [6, 6.07) is 4.50. The fourth-order valence-corrected chi connectivity index (χ4v) is 3.89. The van der Waals surface area contributed by atoms with Crippen LogP contribution in [0.2, 0.25) is 0 Å². The van der Waals surface area contributed by atoms with Crippen molar-refractivity contribution in [3.63, 3.8) is 0 Å². The Hall–Kier alpha value is -0.540. The Kier molecular flexibility index (Phi) is 4.50. The van der Waals surface area contributed by atoms with Gasteiger partial charge in [-0.1, -0.05) is 39.7 Å². The van der Waals surface area contributed by atoms with Crippen molar-refractivity contribution in [2.24, 2.45) is 5.73 Å². The molecule has 0 unspecified atom stereocenters. The zero-order chi connectivity index (χ0) is 15.0. The fraction of sp³-hybridized carbons (Fsp3) is 0.647. The number of benzene rings is 1. The molecule has 2 N–H and O–H groups in total. The average Bonchev–Trinajstić information content (AvgIpc) is 2.86. The van der Waals surface area contributed by atoms with Crippen molar-refractivity contribution in [3.05, 3.63) is 27.7 Å². The number of methoxy groups -OCH3 is 1. The highest BCUT2D eigenvalue weighted by Crippen LogP contribution is 2.47. The van der Waals surface area contributed by atoms with E-state index >= 15 is 0 Å². The molecule has 2 nitrogen and oxygen atoms in total. The molecule has 0 bridgehead atoms. The van der Waals surface area contributed by atoms with Gasteiger partial charge in [0.1, 0.15) is 5.75 Å². The van der Waals surface area contributed by atoms with Gasteiger partial charge in [-0.05, 0) is 45.8 Å². The molecule has 0 amide bonds. The summed E-state index contributed by atoms with van der Waals surface area (Å²) in [7, 11) is 1.75. The van der Waals surface area contributed by atoms with Crippen molar-refractivity contribution in [2.45, 2.75) is 57.3 Å². The molecule has 1 aliphatic rings. The van der Waals surface area contributed by atoms with E-state index < -0.39 is 0 Å². The lowest BCUT2D eigenvalue weighted by atomic mass is 9.75. The molecule has 1 aromatic rings. The first-order valence-electron chi connectivity index (χ1n) is 7.42. The Balaban J connectivity index is 2.63. The third-order valence-electron chi connectivity index (χ3n) is 4.64. The number of hydrogen-bond donors (Lipinski definition) is 1. The molecule has 3 heteroatoms. The molecule has 0 atom stereocenters. The van der Waals surface area contributed by atoms with Gasteiger partial charge in [0, 0.05) is 17.5 Å². The normalized spacial score (nSPS) is 18.3. The monoisotopic (exact) mass is 339 g/mol. The molecule has 0 aromatic heterocycles. The van der Waals surface area contributed by atoms with Crippen LogP contribution < -0.4 is 10.5 Å². The van der Waals surface area contributed by atoms with Crippen LogP contribution in [-0.4, -0.2) is 13.7 Å². The molecule has 1 fully saturated rings. The van der Waals surface area contributed by atoms with E-state index in [2.05, 4.69) is 48.8 Å². The maximum atomic E-state index is 6.16. The van der Waals surface area contributed by atoms with Crippen LogP contribution in [0.5, 0.6) is 5.75 Å². The minimum Gasteiger partial charge on any atom is -0.495 e. The molecule has 20 heavy (non-hydrogen) atoms. The molecule has 0 radical (unpaired) electrons. The van der Waals surface area contributed by atoms with Crippen molar-refractivity contribution < 1.29 is 4.74 Å². The van der Waals surface area contributed by atoms with Gasteiger partial charge >= 0.3 is 0 Å². The van der Waals surface area contributed by atoms with Gasteiger partial charge in [-0.3, -0.25) is 0 Å². The van der Waals surface area contributed by atoms with Crippen molar-refractivity contribution in [3.8, 4) is 5.75 Å². The Morgan fingerprint density at radius 2 is 1.85 bits per heavy atom. The summed E-state index contributed by atoms with van der Waals surface area (Å²) >= 11 is 3.69. The van der Waals surface area contributed by atoms with Gasteiger partial charge in [0.25, 0.3) is 0 Å². The smallest absolute Gasteiger partial charge is 0.136 e. The van der Waals surface area contributed by atoms with Crippen LogP contribution in [0.3, 0.4) is 0 Å². The molecule has 1 saturated carbocycles. The van der Waals surface area contributed by atoms with Crippen molar-refractivity contribution in [1.29, 1.82) is 0 Å². The summed E-state index contributed by atoms with van der Waals surface area (Å²) in [5.74, 6) is 0.963. The van der Waals surface area contributed by atoms with Gasteiger partial charge in [-0.15, -0.1) is 0 Å². The molecule has 1 aliphatic carbocycles. The lowest BCUT2D eigenvalue weighted by Crippen LogP contribution is -2.33. The van der Waals surface area contributed by atoms with Crippen LogP contribution in [0.15, 0.2) is 16.6 Å². The highest BCUT2D eigenvalue weighted by atomic mass is 79.9. The minimum atomic E-state index is 0.0924. The largest absolute Gasteiger partial charge is 0.495 e. The van der Waals surface area contributed by atoms with Crippen molar-refractivity contribution >= 4 is 15.9 Å². The Morgan fingerprint density at radius 1 is 1.25 bits per heavy atom. The van der Waals surface area contributed by atoms with Crippen molar-refractivity contribution in [1.82, 2.24) is 0 Å². The number of rotatable bonds is 3. The summed E-state index contributed by atoms with van der Waals surface area (Å²) in [6.07, 6.45) is 4.86. The average molecular weight is 340 g/mol. The first-order chi connectivity index (χ1) is 9.34. The minimum absolute atomic E-state index is 0.0924. The van der Waals surface area contributed by atoms with Crippen LogP contribution in [0.1, 0.15) is 57.6 Å². The first kappa shape index (κ1) is 15.8. The summed E-state index contributed by atoms with van der Waals surface area (Å²) in [5, 5.41) is 0. The third kappa shape index (κ3) is 2.75. The zero-order valence-corrected chi connectivity index (χ0v) is 14.6. The Labute approximate surface area is 131 Å². The van der Waals surface area contributed by atoms with Crippen LogP contribution >= 0.6 is 15.9 Å². The van der Waals surface area contributed by atoms with E-state index in [0.29, 0.717) is 6.54 Å². The lowest BCUT2D eigenvalue weighted by Gasteiger charge is -2.32. The van der Waals surface area contributed by atoms with Crippen LogP contribution in [0.25, 0.3) is 0 Å². The Morgan fingerprint density at radius 3 is 2.30 bits per heavy atom. The van der Waals surface area contributed by atoms with Gasteiger partial charge in [0.2, 0.25) is 0 Å². The molecule has 0 spiro atoms. The van der Waals surface area contributed by atoms with Gasteiger partial charge in [-0.2, -0.15) is 0 Å². The molecule has 112 valence electrons. The van der Waals surface area contributed by atoms with Crippen molar-refractivity contribution in [2.75, 3.05) is 13.7 Å². The second-order valence-corrected chi connectivity index (χ2v) is 7.83. The Bertz CT molecular complexity index is 484. The number of nitrogens with two attached hydrogens (primary N) is 1. The van der Waals surface area contributed by atoms with E-state index in [-0.39, 0.29) is 10.8 Å². The SMILES string of the molecule is COc1c(Br)cc(C(C)(C)C)cc1C1(CN)CCCC1. The van der Waals surface area contributed by atoms with Gasteiger partial charge in [0.05, 0.1) is 11.6 Å². The quantitative estimate of drug-likeness (QED) is 0.878. The van der Waals surface area contributed by atoms with E-state index in [0.717, 1.165) is 10.2 Å². The molecular formula is C17H26BrNO. The number of halogens is 1. The van der Waals surface area contributed by atoms with E-state index in [1.807, 2.05) is 0 Å². The van der Waals surface area contributed by atoms with E-state index in [1.165, 1.54) is 36.8 Å². The predicted octanol–water partition coefficient (Wildman–Crippen LogP) is 4.53. The maximum Gasteiger partial charge on any atom is 0.136 e. The third-order valence-corrected chi connectivity index (χ3v) is 5.23. The summed E-state index contributed by atoms with van der Waals surface area (Å²) < 4.78 is 6.72. The molecule has 0 saturated heterocycles. The van der Waals surface area contributed by atoms with Gasteiger partial charge < -0.3 is 10.5 Å². The summed E-state index contributed by atoms with van der Waals surface area (Å²) in [6.45, 7) is 7.43. The second kappa shape index (κ2) is 5.69. The first-order valence-corrected chi connectivity index (χ1v) is 8.22. The van der Waals surface area contributed by atoms with E-state index in [9.17, 15) is 0 Å². The molecule has 0 heterocycles. The maximum absolute atomic E-state index is 6.16. The highest BCUT2D eigenvalue weighted by Gasteiger charge is 2.38.